The molecule has 0 unspecified atom stereocenters. The standard InChI is InChI=1S/C14H29N/c1-6-9-15(12(4)5)14(11(2)3)10-13-7-8-13/h11-14H,6-10H2,1-5H3/t14-/m0/s1. The minimum absolute atomic E-state index is 0.705. The highest BCUT2D eigenvalue weighted by Gasteiger charge is 2.31. The molecule has 1 rings (SSSR count). The maximum Gasteiger partial charge on any atom is 0.0124 e. The first-order valence-corrected chi connectivity index (χ1v) is 6.82. The Morgan fingerprint density at radius 1 is 1.13 bits per heavy atom. The average Bonchev–Trinajstić information content (AvgIpc) is 2.93. The fourth-order valence-corrected chi connectivity index (χ4v) is 2.55. The van der Waals surface area contributed by atoms with Crippen LogP contribution in [0.4, 0.5) is 0 Å². The summed E-state index contributed by atoms with van der Waals surface area (Å²) in [7, 11) is 0. The van der Waals surface area contributed by atoms with Gasteiger partial charge in [-0.05, 0) is 45.1 Å². The minimum Gasteiger partial charge on any atom is -0.298 e. The number of hydrogen-bond acceptors (Lipinski definition) is 1. The molecule has 1 atom stereocenters. The second-order valence-electron chi connectivity index (χ2n) is 5.82. The van der Waals surface area contributed by atoms with Gasteiger partial charge in [0.2, 0.25) is 0 Å². The van der Waals surface area contributed by atoms with Crippen LogP contribution < -0.4 is 0 Å². The Morgan fingerprint density at radius 3 is 2.07 bits per heavy atom. The molecule has 0 radical (unpaired) electrons. The van der Waals surface area contributed by atoms with E-state index in [4.69, 9.17) is 0 Å². The van der Waals surface area contributed by atoms with Crippen molar-refractivity contribution in [1.82, 2.24) is 4.90 Å². The van der Waals surface area contributed by atoms with Gasteiger partial charge in [-0.25, -0.2) is 0 Å². The molecule has 0 amide bonds. The van der Waals surface area contributed by atoms with Crippen molar-refractivity contribution in [1.29, 1.82) is 0 Å². The van der Waals surface area contributed by atoms with Crippen molar-refractivity contribution in [2.24, 2.45) is 11.8 Å². The SMILES string of the molecule is CCCN(C(C)C)[C@@H](CC1CC1)C(C)C. The molecule has 0 aliphatic heterocycles. The van der Waals surface area contributed by atoms with E-state index in [1.807, 2.05) is 0 Å². The molecule has 0 aromatic rings. The first-order valence-electron chi connectivity index (χ1n) is 6.82. The highest BCUT2D eigenvalue weighted by molar-refractivity contribution is 4.84. The molecule has 1 aliphatic rings. The van der Waals surface area contributed by atoms with Gasteiger partial charge in [0.1, 0.15) is 0 Å². The zero-order valence-corrected chi connectivity index (χ0v) is 11.3. The van der Waals surface area contributed by atoms with Crippen LogP contribution in [0.5, 0.6) is 0 Å². The molecule has 15 heavy (non-hydrogen) atoms. The first-order chi connectivity index (χ1) is 7.06. The van der Waals surface area contributed by atoms with Crippen molar-refractivity contribution in [2.75, 3.05) is 6.54 Å². The zero-order valence-electron chi connectivity index (χ0n) is 11.3. The average molecular weight is 211 g/mol. The lowest BCUT2D eigenvalue weighted by Crippen LogP contribution is -2.44. The molecule has 0 saturated heterocycles. The Hall–Kier alpha value is -0.0400. The molecule has 1 saturated carbocycles. The van der Waals surface area contributed by atoms with Crippen LogP contribution in [0, 0.1) is 11.8 Å². The summed E-state index contributed by atoms with van der Waals surface area (Å²) < 4.78 is 0. The summed E-state index contributed by atoms with van der Waals surface area (Å²) in [5.74, 6) is 1.86. The van der Waals surface area contributed by atoms with Gasteiger partial charge in [0.15, 0.2) is 0 Å². The lowest BCUT2D eigenvalue weighted by molar-refractivity contribution is 0.106. The summed E-state index contributed by atoms with van der Waals surface area (Å²) in [4.78, 5) is 2.73. The van der Waals surface area contributed by atoms with E-state index in [2.05, 4.69) is 39.5 Å². The lowest BCUT2D eigenvalue weighted by Gasteiger charge is -2.37. The largest absolute Gasteiger partial charge is 0.298 e. The Kier molecular flexibility index (Phi) is 5.11. The van der Waals surface area contributed by atoms with Crippen molar-refractivity contribution < 1.29 is 0 Å². The van der Waals surface area contributed by atoms with Gasteiger partial charge in [0.25, 0.3) is 0 Å². The van der Waals surface area contributed by atoms with Gasteiger partial charge in [-0.15, -0.1) is 0 Å². The predicted molar refractivity (Wildman–Crippen MR) is 68.1 cm³/mol. The van der Waals surface area contributed by atoms with Crippen LogP contribution in [-0.4, -0.2) is 23.5 Å². The fraction of sp³-hybridized carbons (Fsp3) is 1.00. The van der Waals surface area contributed by atoms with Crippen molar-refractivity contribution in [3.8, 4) is 0 Å². The molecule has 0 spiro atoms. The van der Waals surface area contributed by atoms with E-state index in [1.165, 1.54) is 32.2 Å². The molecular weight excluding hydrogens is 182 g/mol. The van der Waals surface area contributed by atoms with E-state index < -0.39 is 0 Å². The Morgan fingerprint density at radius 2 is 1.73 bits per heavy atom. The summed E-state index contributed by atoms with van der Waals surface area (Å²) >= 11 is 0. The second-order valence-corrected chi connectivity index (χ2v) is 5.82. The van der Waals surface area contributed by atoms with Crippen LogP contribution in [0.2, 0.25) is 0 Å². The van der Waals surface area contributed by atoms with Crippen LogP contribution in [-0.2, 0) is 0 Å². The summed E-state index contributed by atoms with van der Waals surface area (Å²) in [5.41, 5.74) is 0. The van der Waals surface area contributed by atoms with Gasteiger partial charge in [-0.3, -0.25) is 4.90 Å². The third-order valence-electron chi connectivity index (χ3n) is 3.61. The van der Waals surface area contributed by atoms with Crippen molar-refractivity contribution >= 4 is 0 Å². The van der Waals surface area contributed by atoms with E-state index in [9.17, 15) is 0 Å². The fourth-order valence-electron chi connectivity index (χ4n) is 2.55. The molecule has 0 N–H and O–H groups in total. The monoisotopic (exact) mass is 211 g/mol. The minimum atomic E-state index is 0.705. The molecule has 0 aromatic carbocycles. The van der Waals surface area contributed by atoms with Crippen LogP contribution >= 0.6 is 0 Å². The molecular formula is C14H29N. The maximum atomic E-state index is 2.73. The Labute approximate surface area is 96.2 Å². The molecule has 0 aromatic heterocycles. The lowest BCUT2D eigenvalue weighted by atomic mass is 9.95. The summed E-state index contributed by atoms with van der Waals surface area (Å²) in [6.45, 7) is 13.0. The van der Waals surface area contributed by atoms with Crippen molar-refractivity contribution in [2.45, 2.75) is 72.4 Å². The zero-order chi connectivity index (χ0) is 11.4. The van der Waals surface area contributed by atoms with Crippen molar-refractivity contribution in [3.63, 3.8) is 0 Å². The van der Waals surface area contributed by atoms with Crippen LogP contribution in [0.15, 0.2) is 0 Å². The van der Waals surface area contributed by atoms with Crippen molar-refractivity contribution in [3.05, 3.63) is 0 Å². The van der Waals surface area contributed by atoms with Gasteiger partial charge in [0, 0.05) is 12.1 Å². The predicted octanol–water partition coefficient (Wildman–Crippen LogP) is 3.93. The smallest absolute Gasteiger partial charge is 0.0124 e. The van der Waals surface area contributed by atoms with E-state index in [0.717, 1.165) is 17.9 Å². The summed E-state index contributed by atoms with van der Waals surface area (Å²) in [5, 5.41) is 0. The molecule has 0 heterocycles. The quantitative estimate of drug-likeness (QED) is 0.616. The maximum absolute atomic E-state index is 2.73. The first kappa shape index (κ1) is 13.0. The number of hydrogen-bond donors (Lipinski definition) is 0. The van der Waals surface area contributed by atoms with Gasteiger partial charge in [0.05, 0.1) is 0 Å². The van der Waals surface area contributed by atoms with Gasteiger partial charge < -0.3 is 0 Å². The molecule has 0 bridgehead atoms. The van der Waals surface area contributed by atoms with E-state index in [0.29, 0.717) is 6.04 Å². The molecule has 1 fully saturated rings. The Balaban J connectivity index is 2.55. The molecule has 1 heteroatoms. The summed E-state index contributed by atoms with van der Waals surface area (Å²) in [6, 6.07) is 1.52. The van der Waals surface area contributed by atoms with Crippen LogP contribution in [0.1, 0.15) is 60.3 Å². The number of nitrogens with zero attached hydrogens (tertiary/aromatic N) is 1. The number of rotatable bonds is 7. The molecule has 1 aliphatic carbocycles. The normalized spacial score (nSPS) is 19.2. The molecule has 1 nitrogen and oxygen atoms in total. The van der Waals surface area contributed by atoms with Gasteiger partial charge >= 0.3 is 0 Å². The third kappa shape index (κ3) is 4.14. The highest BCUT2D eigenvalue weighted by atomic mass is 15.2. The summed E-state index contributed by atoms with van der Waals surface area (Å²) in [6.07, 6.45) is 5.70. The van der Waals surface area contributed by atoms with Gasteiger partial charge in [-0.2, -0.15) is 0 Å². The second kappa shape index (κ2) is 5.89. The topological polar surface area (TPSA) is 3.24 Å². The van der Waals surface area contributed by atoms with Gasteiger partial charge in [-0.1, -0.05) is 33.6 Å². The van der Waals surface area contributed by atoms with Crippen LogP contribution in [0.3, 0.4) is 0 Å². The molecule has 90 valence electrons. The van der Waals surface area contributed by atoms with E-state index in [1.54, 1.807) is 0 Å². The van der Waals surface area contributed by atoms with E-state index >= 15 is 0 Å². The Bertz CT molecular complexity index is 170. The third-order valence-corrected chi connectivity index (χ3v) is 3.61. The van der Waals surface area contributed by atoms with E-state index in [-0.39, 0.29) is 0 Å². The van der Waals surface area contributed by atoms with Crippen LogP contribution in [0.25, 0.3) is 0 Å². The highest BCUT2D eigenvalue weighted by Crippen LogP contribution is 2.36.